The van der Waals surface area contributed by atoms with Crippen molar-refractivity contribution >= 4 is 34.6 Å². The molecule has 6 heteroatoms. The van der Waals surface area contributed by atoms with Crippen LogP contribution in [0.25, 0.3) is 0 Å². The van der Waals surface area contributed by atoms with Crippen LogP contribution in [0.2, 0.25) is 4.34 Å². The molecule has 1 N–H and O–H groups in total. The molecule has 1 aromatic heterocycles. The molecule has 4 nitrogen and oxygen atoms in total. The van der Waals surface area contributed by atoms with E-state index in [0.717, 1.165) is 6.42 Å². The number of rotatable bonds is 9. The largest absolute Gasteiger partial charge is 0.382 e. The first-order chi connectivity index (χ1) is 9.13. The Bertz CT molecular complexity index is 420. The summed E-state index contributed by atoms with van der Waals surface area (Å²) in [5.41, 5.74) is 0. The van der Waals surface area contributed by atoms with Crippen LogP contribution in [-0.2, 0) is 9.53 Å². The van der Waals surface area contributed by atoms with Gasteiger partial charge in [0.25, 0.3) is 0 Å². The molecule has 0 aliphatic rings. The van der Waals surface area contributed by atoms with Gasteiger partial charge in [-0.1, -0.05) is 11.6 Å². The monoisotopic (exact) mass is 303 g/mol. The van der Waals surface area contributed by atoms with Gasteiger partial charge >= 0.3 is 0 Å². The average molecular weight is 304 g/mol. The normalized spacial score (nSPS) is 10.4. The minimum Gasteiger partial charge on any atom is -0.382 e. The van der Waals surface area contributed by atoms with Crippen molar-refractivity contribution < 1.29 is 14.3 Å². The van der Waals surface area contributed by atoms with Gasteiger partial charge in [0.1, 0.15) is 0 Å². The van der Waals surface area contributed by atoms with Crippen LogP contribution in [0.15, 0.2) is 12.1 Å². The lowest BCUT2D eigenvalue weighted by Crippen LogP contribution is -2.25. The second-order valence-electron chi connectivity index (χ2n) is 3.93. The van der Waals surface area contributed by atoms with E-state index in [9.17, 15) is 9.59 Å². The Labute approximate surface area is 122 Å². The fraction of sp³-hybridized carbons (Fsp3) is 0.538. The molecular formula is C13H18ClNO3S. The lowest BCUT2D eigenvalue weighted by Gasteiger charge is -2.04. The first kappa shape index (κ1) is 16.1. The summed E-state index contributed by atoms with van der Waals surface area (Å²) >= 11 is 6.99. The van der Waals surface area contributed by atoms with Crippen LogP contribution in [-0.4, -0.2) is 31.4 Å². The number of hydrogen-bond acceptors (Lipinski definition) is 4. The number of carbonyl (C=O) groups is 2. The third-order valence-corrected chi connectivity index (χ3v) is 3.69. The lowest BCUT2D eigenvalue weighted by molar-refractivity contribution is -0.121. The van der Waals surface area contributed by atoms with E-state index in [4.69, 9.17) is 16.3 Å². The number of amides is 1. The topological polar surface area (TPSA) is 55.4 Å². The van der Waals surface area contributed by atoms with Crippen molar-refractivity contribution in [2.24, 2.45) is 0 Å². The van der Waals surface area contributed by atoms with E-state index in [1.165, 1.54) is 11.3 Å². The Morgan fingerprint density at radius 1 is 1.37 bits per heavy atom. The Hall–Kier alpha value is -0.910. The van der Waals surface area contributed by atoms with Gasteiger partial charge in [-0.25, -0.2) is 0 Å². The number of ketones is 1. The van der Waals surface area contributed by atoms with Crippen LogP contribution < -0.4 is 5.32 Å². The van der Waals surface area contributed by atoms with Gasteiger partial charge in [0.2, 0.25) is 5.91 Å². The Morgan fingerprint density at radius 2 is 2.16 bits per heavy atom. The molecular weight excluding hydrogens is 286 g/mol. The minimum absolute atomic E-state index is 0.0404. The maximum Gasteiger partial charge on any atom is 0.220 e. The molecule has 0 saturated heterocycles. The van der Waals surface area contributed by atoms with Crippen LogP contribution >= 0.6 is 22.9 Å². The van der Waals surface area contributed by atoms with E-state index in [0.29, 0.717) is 29.0 Å². The first-order valence-electron chi connectivity index (χ1n) is 6.26. The standard InChI is InChI=1S/C13H18ClNO3S/c1-2-18-9-3-8-15-13(17)7-4-10(16)11-5-6-12(14)19-11/h5-6H,2-4,7-9H2,1H3,(H,15,17). The van der Waals surface area contributed by atoms with Gasteiger partial charge in [0, 0.05) is 32.6 Å². The molecule has 0 bridgehead atoms. The fourth-order valence-corrected chi connectivity index (χ4v) is 2.46. The molecule has 1 aromatic rings. The SMILES string of the molecule is CCOCCCNC(=O)CCC(=O)c1ccc(Cl)s1. The van der Waals surface area contributed by atoms with Crippen molar-refractivity contribution in [1.29, 1.82) is 0 Å². The third kappa shape index (κ3) is 6.71. The van der Waals surface area contributed by atoms with Gasteiger partial charge < -0.3 is 10.1 Å². The zero-order valence-corrected chi connectivity index (χ0v) is 12.5. The van der Waals surface area contributed by atoms with Gasteiger partial charge in [-0.15, -0.1) is 11.3 Å². The third-order valence-electron chi connectivity index (χ3n) is 2.42. The van der Waals surface area contributed by atoms with Crippen LogP contribution in [0.3, 0.4) is 0 Å². The summed E-state index contributed by atoms with van der Waals surface area (Å²) in [4.78, 5) is 23.8. The zero-order valence-electron chi connectivity index (χ0n) is 10.9. The molecule has 0 unspecified atom stereocenters. The highest BCUT2D eigenvalue weighted by atomic mass is 35.5. The number of thiophene rings is 1. The molecule has 1 amide bonds. The number of hydrogen-bond donors (Lipinski definition) is 1. The Morgan fingerprint density at radius 3 is 2.79 bits per heavy atom. The van der Waals surface area contributed by atoms with Gasteiger partial charge in [0.05, 0.1) is 9.21 Å². The molecule has 106 valence electrons. The predicted octanol–water partition coefficient (Wildman–Crippen LogP) is 2.91. The summed E-state index contributed by atoms with van der Waals surface area (Å²) in [6, 6.07) is 3.38. The van der Waals surface area contributed by atoms with Crippen LogP contribution in [0, 0.1) is 0 Å². The van der Waals surface area contributed by atoms with Crippen molar-refractivity contribution in [3.63, 3.8) is 0 Å². The quantitative estimate of drug-likeness (QED) is 0.564. The highest BCUT2D eigenvalue weighted by molar-refractivity contribution is 7.18. The Balaban J connectivity index is 2.14. The zero-order chi connectivity index (χ0) is 14.1. The smallest absolute Gasteiger partial charge is 0.220 e. The molecule has 0 aliphatic carbocycles. The highest BCUT2D eigenvalue weighted by Crippen LogP contribution is 2.22. The summed E-state index contributed by atoms with van der Waals surface area (Å²) in [6.45, 7) is 3.84. The van der Waals surface area contributed by atoms with E-state index in [-0.39, 0.29) is 24.5 Å². The minimum atomic E-state index is -0.104. The molecule has 1 heterocycles. The maximum absolute atomic E-state index is 11.7. The van der Waals surface area contributed by atoms with Crippen molar-refractivity contribution in [2.75, 3.05) is 19.8 Å². The molecule has 0 aliphatic heterocycles. The summed E-state index contributed by atoms with van der Waals surface area (Å²) in [5.74, 6) is -0.145. The predicted molar refractivity (Wildman–Crippen MR) is 77.0 cm³/mol. The van der Waals surface area contributed by atoms with Crippen molar-refractivity contribution in [3.8, 4) is 0 Å². The number of nitrogens with one attached hydrogen (secondary N) is 1. The maximum atomic E-state index is 11.7. The number of ether oxygens (including phenoxy) is 1. The highest BCUT2D eigenvalue weighted by Gasteiger charge is 2.11. The van der Waals surface area contributed by atoms with Crippen molar-refractivity contribution in [1.82, 2.24) is 5.32 Å². The van der Waals surface area contributed by atoms with E-state index in [1.54, 1.807) is 12.1 Å². The van der Waals surface area contributed by atoms with E-state index < -0.39 is 0 Å². The number of carbonyl (C=O) groups excluding carboxylic acids is 2. The van der Waals surface area contributed by atoms with Gasteiger partial charge in [-0.2, -0.15) is 0 Å². The number of Topliss-reactive ketones (excluding diaryl/α,β-unsaturated/α-hetero) is 1. The van der Waals surface area contributed by atoms with Crippen molar-refractivity contribution in [3.05, 3.63) is 21.3 Å². The van der Waals surface area contributed by atoms with Gasteiger partial charge in [-0.3, -0.25) is 9.59 Å². The molecule has 1 rings (SSSR count). The van der Waals surface area contributed by atoms with E-state index >= 15 is 0 Å². The lowest BCUT2D eigenvalue weighted by atomic mass is 10.2. The van der Waals surface area contributed by atoms with Gasteiger partial charge in [0.15, 0.2) is 5.78 Å². The second-order valence-corrected chi connectivity index (χ2v) is 5.64. The van der Waals surface area contributed by atoms with Crippen LogP contribution in [0.1, 0.15) is 35.9 Å². The van der Waals surface area contributed by atoms with Gasteiger partial charge in [-0.05, 0) is 25.5 Å². The van der Waals surface area contributed by atoms with E-state index in [1.807, 2.05) is 6.92 Å². The molecule has 0 atom stereocenters. The van der Waals surface area contributed by atoms with Crippen LogP contribution in [0.4, 0.5) is 0 Å². The molecule has 0 radical (unpaired) electrons. The number of halogens is 1. The first-order valence-corrected chi connectivity index (χ1v) is 7.46. The average Bonchev–Trinajstić information content (AvgIpc) is 2.82. The fourth-order valence-electron chi connectivity index (χ4n) is 1.45. The molecule has 0 fully saturated rings. The molecule has 0 saturated carbocycles. The Kier molecular flexibility index (Phi) is 7.70. The molecule has 19 heavy (non-hydrogen) atoms. The summed E-state index contributed by atoms with van der Waals surface area (Å²) in [5, 5.41) is 2.76. The second kappa shape index (κ2) is 9.07. The summed E-state index contributed by atoms with van der Waals surface area (Å²) in [6.07, 6.45) is 1.21. The summed E-state index contributed by atoms with van der Waals surface area (Å²) in [7, 11) is 0. The van der Waals surface area contributed by atoms with Crippen molar-refractivity contribution in [2.45, 2.75) is 26.2 Å². The molecule has 0 spiro atoms. The van der Waals surface area contributed by atoms with Crippen LogP contribution in [0.5, 0.6) is 0 Å². The summed E-state index contributed by atoms with van der Waals surface area (Å²) < 4.78 is 5.74. The molecule has 0 aromatic carbocycles. The van der Waals surface area contributed by atoms with E-state index in [2.05, 4.69) is 5.32 Å².